The van der Waals surface area contributed by atoms with E-state index in [1.807, 2.05) is 6.07 Å². The topological polar surface area (TPSA) is 82.7 Å². The highest BCUT2D eigenvalue weighted by atomic mass is 127. The Morgan fingerprint density at radius 2 is 1.91 bits per heavy atom. The summed E-state index contributed by atoms with van der Waals surface area (Å²) in [6, 6.07) is 1.84. The van der Waals surface area contributed by atoms with Gasteiger partial charge in [-0.1, -0.05) is 13.8 Å². The first-order chi connectivity index (χ1) is 10.6. The molecule has 8 heteroatoms. The minimum atomic E-state index is 0. The van der Waals surface area contributed by atoms with Crippen molar-refractivity contribution in [1.82, 2.24) is 20.2 Å². The van der Waals surface area contributed by atoms with Gasteiger partial charge in [0.25, 0.3) is 0 Å². The van der Waals surface area contributed by atoms with Gasteiger partial charge in [0, 0.05) is 58.2 Å². The average Bonchev–Trinajstić information content (AvgIpc) is 2.54. The first-order valence-electron chi connectivity index (χ1n) is 7.93. The number of anilines is 1. The molecule has 1 saturated heterocycles. The van der Waals surface area contributed by atoms with Crippen LogP contribution in [0.25, 0.3) is 0 Å². The Kier molecular flexibility index (Phi) is 9.15. The molecule has 0 aromatic carbocycles. The van der Waals surface area contributed by atoms with E-state index in [1.54, 1.807) is 12.4 Å². The minimum Gasteiger partial charge on any atom is -0.370 e. The lowest BCUT2D eigenvalue weighted by molar-refractivity contribution is 0.260. The second-order valence-electron chi connectivity index (χ2n) is 5.92. The third-order valence-corrected chi connectivity index (χ3v) is 3.57. The third kappa shape index (κ3) is 7.30. The van der Waals surface area contributed by atoms with E-state index in [0.29, 0.717) is 11.9 Å². The van der Waals surface area contributed by atoms with Crippen molar-refractivity contribution in [2.45, 2.75) is 13.8 Å². The highest BCUT2D eigenvalue weighted by Crippen LogP contribution is 2.08. The van der Waals surface area contributed by atoms with Crippen molar-refractivity contribution in [3.8, 4) is 0 Å². The van der Waals surface area contributed by atoms with Crippen molar-refractivity contribution >= 4 is 35.9 Å². The molecule has 0 spiro atoms. The molecule has 3 N–H and O–H groups in total. The molecule has 2 rings (SSSR count). The number of nitrogens with two attached hydrogens (primary N) is 1. The molecule has 0 unspecified atom stereocenters. The molecule has 1 fully saturated rings. The molecule has 23 heavy (non-hydrogen) atoms. The van der Waals surface area contributed by atoms with Crippen LogP contribution in [-0.2, 0) is 0 Å². The minimum absolute atomic E-state index is 0. The van der Waals surface area contributed by atoms with Gasteiger partial charge in [-0.05, 0) is 12.0 Å². The highest BCUT2D eigenvalue weighted by molar-refractivity contribution is 14.0. The Morgan fingerprint density at radius 1 is 1.26 bits per heavy atom. The van der Waals surface area contributed by atoms with E-state index in [9.17, 15) is 0 Å². The number of nitrogens with zero attached hydrogens (tertiary/aromatic N) is 5. The first kappa shape index (κ1) is 19.9. The van der Waals surface area contributed by atoms with Gasteiger partial charge in [0.2, 0.25) is 5.95 Å². The van der Waals surface area contributed by atoms with Crippen LogP contribution in [-0.4, -0.2) is 66.6 Å². The van der Waals surface area contributed by atoms with Crippen LogP contribution in [0.2, 0.25) is 0 Å². The average molecular weight is 433 g/mol. The number of nitrogens with one attached hydrogen (secondary N) is 1. The molecule has 1 aromatic rings. The van der Waals surface area contributed by atoms with Crippen molar-refractivity contribution in [1.29, 1.82) is 0 Å². The Hall–Kier alpha value is -1.16. The zero-order valence-electron chi connectivity index (χ0n) is 14.0. The Balaban J connectivity index is 0.00000264. The summed E-state index contributed by atoms with van der Waals surface area (Å²) >= 11 is 0. The van der Waals surface area contributed by atoms with Crippen LogP contribution < -0.4 is 16.0 Å². The Labute approximate surface area is 155 Å². The van der Waals surface area contributed by atoms with Crippen LogP contribution in [0.4, 0.5) is 5.95 Å². The standard InChI is InChI=1S/C15H27N7.HI/c1-13(2)12-20-14(16)17-6-7-21-8-10-22(11-9-21)15-18-4-3-5-19-15;/h3-5,13H,6-12H2,1-2H3,(H3,16,17,20);1H. The number of aliphatic imine (C=N–C) groups is 1. The van der Waals surface area contributed by atoms with Crippen LogP contribution in [0.3, 0.4) is 0 Å². The third-order valence-electron chi connectivity index (χ3n) is 3.57. The highest BCUT2D eigenvalue weighted by Gasteiger charge is 2.18. The van der Waals surface area contributed by atoms with Gasteiger partial charge in [-0.25, -0.2) is 9.97 Å². The summed E-state index contributed by atoms with van der Waals surface area (Å²) in [6.45, 7) is 10.8. The lowest BCUT2D eigenvalue weighted by Gasteiger charge is -2.34. The summed E-state index contributed by atoms with van der Waals surface area (Å²) in [7, 11) is 0. The van der Waals surface area contributed by atoms with E-state index in [4.69, 9.17) is 5.73 Å². The molecule has 0 amide bonds. The van der Waals surface area contributed by atoms with Gasteiger partial charge in [-0.15, -0.1) is 24.0 Å². The van der Waals surface area contributed by atoms with Gasteiger partial charge < -0.3 is 16.0 Å². The molecular weight excluding hydrogens is 405 g/mol. The van der Waals surface area contributed by atoms with E-state index in [-0.39, 0.29) is 24.0 Å². The fraction of sp³-hybridized carbons (Fsp3) is 0.667. The largest absolute Gasteiger partial charge is 0.370 e. The maximum Gasteiger partial charge on any atom is 0.225 e. The molecule has 130 valence electrons. The molecule has 0 aliphatic carbocycles. The zero-order chi connectivity index (χ0) is 15.8. The van der Waals surface area contributed by atoms with Crippen LogP contribution in [0.1, 0.15) is 13.8 Å². The maximum atomic E-state index is 5.83. The van der Waals surface area contributed by atoms with Gasteiger partial charge in [0.1, 0.15) is 0 Å². The van der Waals surface area contributed by atoms with Crippen molar-refractivity contribution < 1.29 is 0 Å². The molecule has 0 saturated carbocycles. The van der Waals surface area contributed by atoms with Crippen molar-refractivity contribution in [3.05, 3.63) is 18.5 Å². The zero-order valence-corrected chi connectivity index (χ0v) is 16.3. The molecule has 1 aliphatic rings. The van der Waals surface area contributed by atoms with E-state index < -0.39 is 0 Å². The smallest absolute Gasteiger partial charge is 0.225 e. The van der Waals surface area contributed by atoms with Gasteiger partial charge in [0.05, 0.1) is 0 Å². The second-order valence-corrected chi connectivity index (χ2v) is 5.92. The first-order valence-corrected chi connectivity index (χ1v) is 7.93. The molecular formula is C15H28IN7. The fourth-order valence-electron chi connectivity index (χ4n) is 2.30. The van der Waals surface area contributed by atoms with Gasteiger partial charge in [-0.2, -0.15) is 0 Å². The molecule has 7 nitrogen and oxygen atoms in total. The Morgan fingerprint density at radius 3 is 2.52 bits per heavy atom. The van der Waals surface area contributed by atoms with Gasteiger partial charge in [-0.3, -0.25) is 9.89 Å². The van der Waals surface area contributed by atoms with Gasteiger partial charge in [0.15, 0.2) is 5.96 Å². The number of halogens is 1. The van der Waals surface area contributed by atoms with Crippen molar-refractivity contribution in [3.63, 3.8) is 0 Å². The SMILES string of the molecule is CC(C)CN=C(N)NCCN1CCN(c2ncccn2)CC1.I. The summed E-state index contributed by atoms with van der Waals surface area (Å²) in [5.41, 5.74) is 5.83. The number of aromatic nitrogens is 2. The van der Waals surface area contributed by atoms with E-state index in [0.717, 1.165) is 51.8 Å². The van der Waals surface area contributed by atoms with Crippen LogP contribution in [0.5, 0.6) is 0 Å². The van der Waals surface area contributed by atoms with Crippen LogP contribution >= 0.6 is 24.0 Å². The summed E-state index contributed by atoms with van der Waals surface area (Å²) in [5.74, 6) is 1.91. The number of hydrogen-bond acceptors (Lipinski definition) is 5. The Bertz CT molecular complexity index is 458. The molecule has 1 aromatic heterocycles. The summed E-state index contributed by atoms with van der Waals surface area (Å²) < 4.78 is 0. The molecule has 2 heterocycles. The molecule has 0 bridgehead atoms. The molecule has 0 radical (unpaired) electrons. The second kappa shape index (κ2) is 10.6. The number of guanidine groups is 1. The van der Waals surface area contributed by atoms with Crippen molar-refractivity contribution in [2.24, 2.45) is 16.6 Å². The van der Waals surface area contributed by atoms with E-state index in [1.165, 1.54) is 0 Å². The molecule has 0 atom stereocenters. The predicted molar refractivity (Wildman–Crippen MR) is 105 cm³/mol. The van der Waals surface area contributed by atoms with E-state index >= 15 is 0 Å². The van der Waals surface area contributed by atoms with E-state index in [2.05, 4.69) is 43.9 Å². The van der Waals surface area contributed by atoms with Crippen LogP contribution in [0, 0.1) is 5.92 Å². The van der Waals surface area contributed by atoms with Crippen LogP contribution in [0.15, 0.2) is 23.5 Å². The fourth-order valence-corrected chi connectivity index (χ4v) is 2.30. The number of piperazine rings is 1. The molecule has 1 aliphatic heterocycles. The normalized spacial score (nSPS) is 16.3. The maximum absolute atomic E-state index is 5.83. The quantitative estimate of drug-likeness (QED) is 0.392. The van der Waals surface area contributed by atoms with Gasteiger partial charge >= 0.3 is 0 Å². The predicted octanol–water partition coefficient (Wildman–Crippen LogP) is 0.777. The number of rotatable bonds is 6. The number of hydrogen-bond donors (Lipinski definition) is 2. The monoisotopic (exact) mass is 433 g/mol. The summed E-state index contributed by atoms with van der Waals surface area (Å²) in [6.07, 6.45) is 3.58. The summed E-state index contributed by atoms with van der Waals surface area (Å²) in [5, 5.41) is 3.18. The summed E-state index contributed by atoms with van der Waals surface area (Å²) in [4.78, 5) is 17.5. The lowest BCUT2D eigenvalue weighted by Crippen LogP contribution is -2.49. The lowest BCUT2D eigenvalue weighted by atomic mass is 10.2. The van der Waals surface area contributed by atoms with Crippen molar-refractivity contribution in [2.75, 3.05) is 50.7 Å².